The molecule has 8 heteroatoms. The van der Waals surface area contributed by atoms with E-state index in [1.54, 1.807) is 0 Å². The molecule has 0 aliphatic carbocycles. The predicted octanol–water partition coefficient (Wildman–Crippen LogP) is 2.27. The normalized spacial score (nSPS) is 10.4. The second kappa shape index (κ2) is 4.16. The summed E-state index contributed by atoms with van der Waals surface area (Å²) in [6.07, 6.45) is 2.42. The highest BCUT2D eigenvalue weighted by Crippen LogP contribution is 2.28. The van der Waals surface area contributed by atoms with Crippen molar-refractivity contribution in [2.75, 3.05) is 0 Å². The van der Waals surface area contributed by atoms with Crippen LogP contribution in [0.3, 0.4) is 0 Å². The Kier molecular flexibility index (Phi) is 2.90. The molecule has 0 saturated carbocycles. The third-order valence-electron chi connectivity index (χ3n) is 1.21. The van der Waals surface area contributed by atoms with Crippen LogP contribution in [0.25, 0.3) is 0 Å². The van der Waals surface area contributed by atoms with Crippen molar-refractivity contribution in [2.45, 2.75) is 9.37 Å². The van der Waals surface area contributed by atoms with Crippen molar-refractivity contribution in [3.63, 3.8) is 0 Å². The fourth-order valence-corrected chi connectivity index (χ4v) is 2.22. The molecule has 0 unspecified atom stereocenters. The van der Waals surface area contributed by atoms with Crippen molar-refractivity contribution in [2.24, 2.45) is 0 Å². The van der Waals surface area contributed by atoms with Gasteiger partial charge in [-0.05, 0) is 34.9 Å². The van der Waals surface area contributed by atoms with Crippen molar-refractivity contribution in [3.05, 3.63) is 23.6 Å². The smallest absolute Gasteiger partial charge is 0.223 e. The number of halogens is 2. The first-order chi connectivity index (χ1) is 6.75. The van der Waals surface area contributed by atoms with E-state index in [-0.39, 0.29) is 10.3 Å². The van der Waals surface area contributed by atoms with Crippen LogP contribution in [0, 0.1) is 5.82 Å². The Hall–Kier alpha value is -0.790. The lowest BCUT2D eigenvalue weighted by Gasteiger charge is -1.97. The Balaban J connectivity index is 2.28. The molecule has 0 aliphatic heterocycles. The van der Waals surface area contributed by atoms with Crippen molar-refractivity contribution >= 4 is 34.9 Å². The second-order valence-corrected chi connectivity index (χ2v) is 4.46. The van der Waals surface area contributed by atoms with E-state index in [2.05, 4.69) is 19.3 Å². The molecule has 0 aromatic carbocycles. The zero-order valence-corrected chi connectivity index (χ0v) is 8.90. The Bertz CT molecular complexity index is 435. The highest BCUT2D eigenvalue weighted by Gasteiger charge is 2.09. The fraction of sp³-hybridized carbons (Fsp3) is 0. The van der Waals surface area contributed by atoms with E-state index in [0.29, 0.717) is 4.34 Å². The Labute approximate surface area is 91.7 Å². The number of aromatic nitrogens is 4. The van der Waals surface area contributed by atoms with Gasteiger partial charge in [0.15, 0.2) is 10.2 Å². The summed E-state index contributed by atoms with van der Waals surface area (Å²) < 4.78 is 17.5. The predicted molar refractivity (Wildman–Crippen MR) is 51.0 cm³/mol. The maximum atomic E-state index is 13.1. The Morgan fingerprint density at radius 3 is 3.00 bits per heavy atom. The van der Waals surface area contributed by atoms with E-state index >= 15 is 0 Å². The Morgan fingerprint density at radius 1 is 1.43 bits per heavy atom. The van der Waals surface area contributed by atoms with Crippen LogP contribution in [-0.4, -0.2) is 19.3 Å². The average molecular weight is 249 g/mol. The molecule has 2 heterocycles. The second-order valence-electron chi connectivity index (χ2n) is 2.10. The van der Waals surface area contributed by atoms with Gasteiger partial charge in [-0.1, -0.05) is 0 Å². The summed E-state index contributed by atoms with van der Waals surface area (Å²) in [4.78, 5) is 11.1. The summed E-state index contributed by atoms with van der Waals surface area (Å²) in [5.74, 6) is -0.519. The SMILES string of the molecule is Fc1cnc(Cl)nc1Sc1ncns1. The van der Waals surface area contributed by atoms with Gasteiger partial charge in [-0.25, -0.2) is 19.3 Å². The van der Waals surface area contributed by atoms with Gasteiger partial charge in [0.1, 0.15) is 11.4 Å². The number of nitrogens with zero attached hydrogens (tertiary/aromatic N) is 4. The summed E-state index contributed by atoms with van der Waals surface area (Å²) in [7, 11) is 0. The first-order valence-corrected chi connectivity index (χ1v) is 5.35. The van der Waals surface area contributed by atoms with Gasteiger partial charge < -0.3 is 0 Å². The first kappa shape index (κ1) is 9.75. The monoisotopic (exact) mass is 248 g/mol. The molecule has 0 aliphatic rings. The van der Waals surface area contributed by atoms with Gasteiger partial charge in [0.2, 0.25) is 5.28 Å². The molecule has 0 N–H and O–H groups in total. The lowest BCUT2D eigenvalue weighted by atomic mass is 10.6. The molecule has 4 nitrogen and oxygen atoms in total. The van der Waals surface area contributed by atoms with Crippen molar-refractivity contribution in [1.29, 1.82) is 0 Å². The van der Waals surface area contributed by atoms with Crippen LogP contribution in [-0.2, 0) is 0 Å². The molecule has 0 fully saturated rings. The zero-order chi connectivity index (χ0) is 9.97. The minimum atomic E-state index is -0.519. The standard InChI is InChI=1S/C6H2ClFN4S2/c7-5-9-1-3(8)4(12-5)13-6-10-2-11-14-6/h1-2H. The number of hydrogen-bond donors (Lipinski definition) is 0. The lowest BCUT2D eigenvalue weighted by molar-refractivity contribution is 0.579. The number of hydrogen-bond acceptors (Lipinski definition) is 6. The van der Waals surface area contributed by atoms with Crippen molar-refractivity contribution < 1.29 is 4.39 Å². The zero-order valence-electron chi connectivity index (χ0n) is 6.52. The van der Waals surface area contributed by atoms with E-state index in [1.807, 2.05) is 0 Å². The molecule has 0 radical (unpaired) electrons. The van der Waals surface area contributed by atoms with Crippen LogP contribution < -0.4 is 0 Å². The van der Waals surface area contributed by atoms with Gasteiger partial charge in [0.05, 0.1) is 6.20 Å². The van der Waals surface area contributed by atoms with Gasteiger partial charge in [0.25, 0.3) is 0 Å². The molecule has 0 saturated heterocycles. The topological polar surface area (TPSA) is 51.6 Å². The van der Waals surface area contributed by atoms with E-state index in [0.717, 1.165) is 29.5 Å². The summed E-state index contributed by atoms with van der Waals surface area (Å²) in [6.45, 7) is 0. The fourth-order valence-electron chi connectivity index (χ4n) is 0.693. The van der Waals surface area contributed by atoms with Crippen LogP contribution in [0.4, 0.5) is 4.39 Å². The molecule has 2 aromatic heterocycles. The van der Waals surface area contributed by atoms with E-state index in [9.17, 15) is 4.39 Å². The van der Waals surface area contributed by atoms with Gasteiger partial charge in [-0.3, -0.25) is 0 Å². The molecule has 0 atom stereocenters. The van der Waals surface area contributed by atoms with Crippen LogP contribution in [0.15, 0.2) is 21.9 Å². The quantitative estimate of drug-likeness (QED) is 0.603. The summed E-state index contributed by atoms with van der Waals surface area (Å²) in [5.41, 5.74) is 0. The maximum absolute atomic E-state index is 13.1. The third kappa shape index (κ3) is 2.17. The molecular formula is C6H2ClFN4S2. The maximum Gasteiger partial charge on any atom is 0.223 e. The minimum absolute atomic E-state index is 0.0124. The average Bonchev–Trinajstić information content (AvgIpc) is 2.64. The van der Waals surface area contributed by atoms with Crippen LogP contribution in [0.2, 0.25) is 5.28 Å². The van der Waals surface area contributed by atoms with Crippen molar-refractivity contribution in [1.82, 2.24) is 19.3 Å². The number of rotatable bonds is 2. The van der Waals surface area contributed by atoms with Crippen LogP contribution >= 0.6 is 34.9 Å². The summed E-state index contributed by atoms with van der Waals surface area (Å²) >= 11 is 7.76. The highest BCUT2D eigenvalue weighted by atomic mass is 35.5. The van der Waals surface area contributed by atoms with Crippen molar-refractivity contribution in [3.8, 4) is 0 Å². The summed E-state index contributed by atoms with van der Waals surface area (Å²) in [6, 6.07) is 0. The molecule has 0 bridgehead atoms. The van der Waals surface area contributed by atoms with E-state index < -0.39 is 5.82 Å². The largest absolute Gasteiger partial charge is 0.223 e. The van der Waals surface area contributed by atoms with Gasteiger partial charge in [-0.2, -0.15) is 4.37 Å². The van der Waals surface area contributed by atoms with Gasteiger partial charge >= 0.3 is 0 Å². The molecular weight excluding hydrogens is 247 g/mol. The minimum Gasteiger partial charge on any atom is -0.223 e. The molecule has 14 heavy (non-hydrogen) atoms. The molecule has 0 spiro atoms. The van der Waals surface area contributed by atoms with Crippen LogP contribution in [0.1, 0.15) is 0 Å². The Morgan fingerprint density at radius 2 is 2.29 bits per heavy atom. The lowest BCUT2D eigenvalue weighted by Crippen LogP contribution is -1.89. The van der Waals surface area contributed by atoms with E-state index in [4.69, 9.17) is 11.6 Å². The first-order valence-electron chi connectivity index (χ1n) is 3.38. The molecule has 0 amide bonds. The molecule has 2 rings (SSSR count). The summed E-state index contributed by atoms with van der Waals surface area (Å²) in [5, 5.41) is 0.167. The van der Waals surface area contributed by atoms with E-state index in [1.165, 1.54) is 6.33 Å². The molecule has 72 valence electrons. The third-order valence-corrected chi connectivity index (χ3v) is 3.08. The molecule has 2 aromatic rings. The van der Waals surface area contributed by atoms with Gasteiger partial charge in [0, 0.05) is 0 Å². The van der Waals surface area contributed by atoms with Crippen LogP contribution in [0.5, 0.6) is 0 Å². The highest BCUT2D eigenvalue weighted by molar-refractivity contribution is 8.00. The van der Waals surface area contributed by atoms with Gasteiger partial charge in [-0.15, -0.1) is 0 Å².